The first-order valence-electron chi connectivity index (χ1n) is 11.1. The molecule has 3 aromatic heterocycles. The van der Waals surface area contributed by atoms with Gasteiger partial charge in [-0.25, -0.2) is 9.37 Å². The third-order valence-electron chi connectivity index (χ3n) is 6.01. The van der Waals surface area contributed by atoms with Gasteiger partial charge in [-0.3, -0.25) is 14.5 Å². The van der Waals surface area contributed by atoms with Crippen molar-refractivity contribution >= 4 is 57.2 Å². The number of anilines is 1. The van der Waals surface area contributed by atoms with E-state index in [4.69, 9.17) is 5.73 Å². The van der Waals surface area contributed by atoms with Gasteiger partial charge in [-0.1, -0.05) is 5.16 Å². The molecule has 0 bridgehead atoms. The number of thiazole rings is 1. The minimum atomic E-state index is -1.51. The second kappa shape index (κ2) is 10.4. The van der Waals surface area contributed by atoms with Crippen molar-refractivity contribution in [3.8, 4) is 0 Å². The van der Waals surface area contributed by atoms with Crippen LogP contribution in [0.1, 0.15) is 11.3 Å². The number of oxime groups is 1. The number of hydrogen-bond donors (Lipinski definition) is 3. The highest BCUT2D eigenvalue weighted by atomic mass is 32.2. The highest BCUT2D eigenvalue weighted by Gasteiger charge is 2.53. The number of fused-ring (bicyclic) bond motifs is 2. The van der Waals surface area contributed by atoms with E-state index >= 15 is 0 Å². The van der Waals surface area contributed by atoms with Crippen molar-refractivity contribution in [1.29, 1.82) is 0 Å². The number of aliphatic hydroxyl groups is 1. The molecule has 0 aromatic carbocycles. The molecule has 198 valence electrons. The molecule has 38 heavy (non-hydrogen) atoms. The number of nitrogens with one attached hydrogen (secondary N) is 1. The van der Waals surface area contributed by atoms with Crippen LogP contribution in [0.5, 0.6) is 0 Å². The molecule has 5 rings (SSSR count). The summed E-state index contributed by atoms with van der Waals surface area (Å²) in [6.07, 6.45) is 7.09. The maximum Gasteiger partial charge on any atom is 0.276 e. The molecule has 3 aromatic rings. The molecule has 2 aliphatic heterocycles. The smallest absolute Gasteiger partial charge is 0.276 e. The van der Waals surface area contributed by atoms with Crippen LogP contribution in [0.3, 0.4) is 0 Å². The fourth-order valence-corrected chi connectivity index (χ4v) is 6.17. The van der Waals surface area contributed by atoms with Gasteiger partial charge < -0.3 is 35.3 Å². The first kappa shape index (κ1) is 25.6. The number of hydrogen-bond acceptors (Lipinski definition) is 11. The average Bonchev–Trinajstić information content (AvgIpc) is 3.52. The van der Waals surface area contributed by atoms with Crippen LogP contribution in [-0.2, 0) is 32.4 Å². The Kier molecular flexibility index (Phi) is 7.00. The number of halogens is 1. The van der Waals surface area contributed by atoms with Gasteiger partial charge in [-0.05, 0) is 6.07 Å². The fraction of sp³-hybridized carbons (Fsp3) is 0.273. The Labute approximate surface area is 222 Å². The first-order valence-corrected chi connectivity index (χ1v) is 13.0. The summed E-state index contributed by atoms with van der Waals surface area (Å²) < 4.78 is 16.1. The second-order valence-electron chi connectivity index (χ2n) is 8.24. The topological polar surface area (TPSA) is 179 Å². The standard InChI is InChI=1S/C22H20FN7O6S2/c23-10-36-27-15(13-9-38-22(24)25-13)18(32)26-16-19(33)30-17(21(34)35)12(8-37-20(16)30)5-28-3-4-29-2-1-11(7-31)14(29)6-28/h1-4,6,9,16,20,31H,5,7-8,10H2,(H3-,24,25,26,32,34,35)/b27-15-/t16-,20-/m1/s1. The van der Waals surface area contributed by atoms with Crippen LogP contribution >= 0.6 is 23.1 Å². The predicted octanol–water partition coefficient (Wildman–Crippen LogP) is -1.49. The van der Waals surface area contributed by atoms with Gasteiger partial charge in [0.15, 0.2) is 29.8 Å². The minimum absolute atomic E-state index is 0.0392. The summed E-state index contributed by atoms with van der Waals surface area (Å²) in [6.45, 7) is -1.27. The summed E-state index contributed by atoms with van der Waals surface area (Å²) >= 11 is 2.31. The Balaban J connectivity index is 1.36. The van der Waals surface area contributed by atoms with Crippen LogP contribution in [0.4, 0.5) is 9.52 Å². The number of carbonyl (C=O) groups is 3. The number of nitrogen functional groups attached to an aromatic ring is 1. The predicted molar refractivity (Wildman–Crippen MR) is 131 cm³/mol. The number of thioether (sulfide) groups is 1. The van der Waals surface area contributed by atoms with Gasteiger partial charge in [0, 0.05) is 28.5 Å². The van der Waals surface area contributed by atoms with E-state index < -0.39 is 36.1 Å². The molecular formula is C22H20FN7O6S2. The van der Waals surface area contributed by atoms with Gasteiger partial charge >= 0.3 is 0 Å². The number of amides is 2. The number of nitrogens with zero attached hydrogens (tertiary/aromatic N) is 5. The summed E-state index contributed by atoms with van der Waals surface area (Å²) in [5, 5.41) is 28.5. The minimum Gasteiger partial charge on any atom is -0.543 e. The second-order valence-corrected chi connectivity index (χ2v) is 10.2. The van der Waals surface area contributed by atoms with Gasteiger partial charge in [-0.15, -0.1) is 23.1 Å². The van der Waals surface area contributed by atoms with Crippen LogP contribution in [0.2, 0.25) is 0 Å². The number of carbonyl (C=O) groups excluding carboxylic acids is 3. The molecule has 0 spiro atoms. The number of aliphatic carboxylic acids is 1. The third-order valence-corrected chi connectivity index (χ3v) is 8.02. The first-order chi connectivity index (χ1) is 18.3. The highest BCUT2D eigenvalue weighted by Crippen LogP contribution is 2.40. The summed E-state index contributed by atoms with van der Waals surface area (Å²) in [7, 11) is 0. The zero-order valence-electron chi connectivity index (χ0n) is 19.4. The van der Waals surface area contributed by atoms with E-state index in [1.165, 1.54) is 17.1 Å². The molecule has 0 radical (unpaired) electrons. The van der Waals surface area contributed by atoms with Gasteiger partial charge in [0.25, 0.3) is 18.7 Å². The molecule has 16 heteroatoms. The molecule has 4 N–H and O–H groups in total. The Morgan fingerprint density at radius 1 is 1.42 bits per heavy atom. The van der Waals surface area contributed by atoms with E-state index in [2.05, 4.69) is 20.3 Å². The van der Waals surface area contributed by atoms with Crippen molar-refractivity contribution in [2.75, 3.05) is 18.3 Å². The fourth-order valence-electron chi connectivity index (χ4n) is 4.28. The van der Waals surface area contributed by atoms with Crippen molar-refractivity contribution in [2.24, 2.45) is 5.16 Å². The molecule has 0 unspecified atom stereocenters. The summed E-state index contributed by atoms with van der Waals surface area (Å²) in [4.78, 5) is 47.4. The van der Waals surface area contributed by atoms with E-state index in [0.717, 1.165) is 21.8 Å². The Morgan fingerprint density at radius 3 is 2.92 bits per heavy atom. The maximum absolute atomic E-state index is 13.0. The number of carboxylic acids is 1. The molecule has 5 heterocycles. The molecule has 2 atom stereocenters. The van der Waals surface area contributed by atoms with Crippen molar-refractivity contribution in [3.63, 3.8) is 0 Å². The molecule has 2 amide bonds. The van der Waals surface area contributed by atoms with E-state index in [-0.39, 0.29) is 41.1 Å². The number of nitrogens with two attached hydrogens (primary N) is 1. The summed E-state index contributed by atoms with van der Waals surface area (Å²) in [6, 6.07) is 0.718. The summed E-state index contributed by atoms with van der Waals surface area (Å²) in [5.41, 5.74) is 6.93. The Morgan fingerprint density at radius 2 is 2.24 bits per heavy atom. The number of aliphatic hydroxyl groups excluding tert-OH is 1. The summed E-state index contributed by atoms with van der Waals surface area (Å²) in [5.74, 6) is -2.77. The number of alkyl halides is 1. The van der Waals surface area contributed by atoms with E-state index in [1.807, 2.05) is 4.40 Å². The molecular weight excluding hydrogens is 541 g/mol. The quantitative estimate of drug-likeness (QED) is 0.121. The largest absolute Gasteiger partial charge is 0.543 e. The maximum atomic E-state index is 13.0. The molecule has 0 aliphatic carbocycles. The monoisotopic (exact) mass is 561 g/mol. The van der Waals surface area contributed by atoms with E-state index in [9.17, 15) is 29.0 Å². The van der Waals surface area contributed by atoms with Gasteiger partial charge in [-0.2, -0.15) is 4.57 Å². The van der Waals surface area contributed by atoms with Crippen LogP contribution in [-0.4, -0.2) is 66.9 Å². The lowest BCUT2D eigenvalue weighted by Crippen LogP contribution is -2.71. The molecule has 2 aliphatic rings. The lowest BCUT2D eigenvalue weighted by atomic mass is 10.0. The van der Waals surface area contributed by atoms with Crippen molar-refractivity contribution in [3.05, 3.63) is 58.8 Å². The van der Waals surface area contributed by atoms with Gasteiger partial charge in [0.1, 0.15) is 22.6 Å². The Hall–Kier alpha value is -4.02. The normalized spacial score (nSPS) is 19.4. The van der Waals surface area contributed by atoms with Gasteiger partial charge in [0.2, 0.25) is 0 Å². The van der Waals surface area contributed by atoms with Crippen molar-refractivity contribution in [1.82, 2.24) is 19.6 Å². The lowest BCUT2D eigenvalue weighted by molar-refractivity contribution is -0.688. The van der Waals surface area contributed by atoms with Crippen molar-refractivity contribution in [2.45, 2.75) is 24.6 Å². The van der Waals surface area contributed by atoms with Gasteiger partial charge in [0.05, 0.1) is 24.5 Å². The molecule has 13 nitrogen and oxygen atoms in total. The van der Waals surface area contributed by atoms with E-state index in [0.29, 0.717) is 11.1 Å². The zero-order chi connectivity index (χ0) is 27.0. The van der Waals surface area contributed by atoms with E-state index in [1.54, 1.807) is 35.4 Å². The third kappa shape index (κ3) is 4.57. The van der Waals surface area contributed by atoms with Crippen LogP contribution in [0.15, 0.2) is 52.7 Å². The number of aromatic nitrogens is 3. The SMILES string of the molecule is Nc1nc(/C(=N/OCF)C(=O)N[C@@H]2C(=O)N3C(C(=O)[O-])=C(C[n+]4ccn5ccc(CO)c5c4)CS[C@H]23)cs1. The average molecular weight is 562 g/mol. The number of rotatable bonds is 9. The number of carboxylic acid groups (broad SMARTS) is 1. The highest BCUT2D eigenvalue weighted by molar-refractivity contribution is 8.00. The Bertz CT molecular complexity index is 1500. The van der Waals surface area contributed by atoms with Crippen molar-refractivity contribution < 1.29 is 38.4 Å². The number of β-lactam (4-membered cyclic amide) rings is 1. The molecule has 1 fully saturated rings. The van der Waals surface area contributed by atoms with Crippen LogP contribution in [0.25, 0.3) is 5.52 Å². The van der Waals surface area contributed by atoms with Crippen LogP contribution < -0.4 is 20.7 Å². The lowest BCUT2D eigenvalue weighted by Gasteiger charge is -2.50. The molecule has 1 saturated heterocycles. The molecule has 0 saturated carbocycles. The zero-order valence-corrected chi connectivity index (χ0v) is 21.1. The van der Waals surface area contributed by atoms with Crippen LogP contribution in [0, 0.1) is 0 Å².